The first-order valence-corrected chi connectivity index (χ1v) is 11.0. The number of anilines is 2. The van der Waals surface area contributed by atoms with E-state index in [0.29, 0.717) is 5.95 Å². The Hall–Kier alpha value is -2.94. The van der Waals surface area contributed by atoms with Crippen LogP contribution in [0.25, 0.3) is 5.82 Å². The first-order valence-electron chi connectivity index (χ1n) is 11.0. The maximum absolute atomic E-state index is 9.78. The molecule has 2 aromatic heterocycles. The van der Waals surface area contributed by atoms with E-state index in [-0.39, 0.29) is 19.3 Å². The number of β-amino-alcohol motifs (C(OH)–C–C–N with tert-alkyl or cyclic N) is 1. The molecule has 1 aliphatic heterocycles. The molecule has 0 amide bonds. The highest BCUT2D eigenvalue weighted by Gasteiger charge is 2.21. The average Bonchev–Trinajstić information content (AvgIpc) is 3.33. The van der Waals surface area contributed by atoms with Gasteiger partial charge in [-0.05, 0) is 67.6 Å². The molecular weight excluding hydrogens is 406 g/mol. The van der Waals surface area contributed by atoms with E-state index >= 15 is 0 Å². The van der Waals surface area contributed by atoms with Crippen LogP contribution in [0.2, 0.25) is 0 Å². The minimum absolute atomic E-state index is 0.0138. The topological polar surface area (TPSA) is 95.7 Å². The first kappa shape index (κ1) is 22.3. The van der Waals surface area contributed by atoms with Gasteiger partial charge in [-0.2, -0.15) is 4.98 Å². The number of nitrogens with one attached hydrogen (secondary N) is 1. The first-order chi connectivity index (χ1) is 15.4. The number of aryl methyl sites for hydroxylation is 3. The van der Waals surface area contributed by atoms with Gasteiger partial charge in [0.2, 0.25) is 5.95 Å². The summed E-state index contributed by atoms with van der Waals surface area (Å²) in [7, 11) is 0. The molecule has 32 heavy (non-hydrogen) atoms. The summed E-state index contributed by atoms with van der Waals surface area (Å²) in [6.07, 6.45) is 6.56. The highest BCUT2D eigenvalue weighted by atomic mass is 16.5. The van der Waals surface area contributed by atoms with Crippen molar-refractivity contribution in [2.75, 3.05) is 31.6 Å². The monoisotopic (exact) mass is 437 g/mol. The molecule has 0 bridgehead atoms. The molecule has 0 radical (unpaired) electrons. The lowest BCUT2D eigenvalue weighted by atomic mass is 10.1. The third kappa shape index (κ3) is 5.09. The molecule has 8 heteroatoms. The highest BCUT2D eigenvalue weighted by Crippen LogP contribution is 2.28. The Morgan fingerprint density at radius 1 is 1.16 bits per heavy atom. The fraction of sp³-hybridized carbons (Fsp3) is 0.417. The van der Waals surface area contributed by atoms with Crippen molar-refractivity contribution >= 4 is 11.6 Å². The summed E-state index contributed by atoms with van der Waals surface area (Å²) in [5.74, 6) is 2.09. The van der Waals surface area contributed by atoms with Crippen LogP contribution in [-0.2, 0) is 6.54 Å². The summed E-state index contributed by atoms with van der Waals surface area (Å²) in [6.45, 7) is 8.80. The van der Waals surface area contributed by atoms with Crippen LogP contribution in [0.5, 0.6) is 5.75 Å². The summed E-state index contributed by atoms with van der Waals surface area (Å²) in [6, 6.07) is 5.85. The lowest BCUT2D eigenvalue weighted by Crippen LogP contribution is -2.21. The summed E-state index contributed by atoms with van der Waals surface area (Å²) >= 11 is 0. The SMILES string of the molecule is Cc1cn(-c2ccnc(Nc3cc(C)c(OCCO)c(C)c3)n2)cc1CN1CC[C@@H](O)C1. The third-order valence-electron chi connectivity index (χ3n) is 5.74. The summed E-state index contributed by atoms with van der Waals surface area (Å²) < 4.78 is 7.66. The van der Waals surface area contributed by atoms with Crippen molar-refractivity contribution in [3.05, 3.63) is 59.0 Å². The number of ether oxygens (including phenoxy) is 1. The lowest BCUT2D eigenvalue weighted by molar-refractivity contribution is 0.174. The van der Waals surface area contributed by atoms with Crippen molar-refractivity contribution in [3.63, 3.8) is 0 Å². The molecular formula is C24H31N5O3. The molecule has 0 unspecified atom stereocenters. The van der Waals surface area contributed by atoms with Crippen LogP contribution in [0.15, 0.2) is 36.8 Å². The van der Waals surface area contributed by atoms with E-state index in [2.05, 4.69) is 34.5 Å². The molecule has 3 heterocycles. The maximum atomic E-state index is 9.78. The quantitative estimate of drug-likeness (QED) is 0.499. The Morgan fingerprint density at radius 2 is 1.94 bits per heavy atom. The number of hydrogen-bond acceptors (Lipinski definition) is 7. The average molecular weight is 438 g/mol. The zero-order valence-electron chi connectivity index (χ0n) is 18.9. The molecule has 0 spiro atoms. The van der Waals surface area contributed by atoms with Crippen molar-refractivity contribution in [3.8, 4) is 11.6 Å². The van der Waals surface area contributed by atoms with Gasteiger partial charge in [-0.15, -0.1) is 0 Å². The van der Waals surface area contributed by atoms with Crippen LogP contribution in [0.1, 0.15) is 28.7 Å². The number of likely N-dealkylation sites (tertiary alicyclic amines) is 1. The molecule has 1 aliphatic rings. The second-order valence-corrected chi connectivity index (χ2v) is 8.43. The Kier molecular flexibility index (Phi) is 6.74. The molecule has 170 valence electrons. The smallest absolute Gasteiger partial charge is 0.229 e. The minimum Gasteiger partial charge on any atom is -0.491 e. The van der Waals surface area contributed by atoms with E-state index in [0.717, 1.165) is 54.4 Å². The van der Waals surface area contributed by atoms with Crippen molar-refractivity contribution in [1.82, 2.24) is 19.4 Å². The van der Waals surface area contributed by atoms with Gasteiger partial charge >= 0.3 is 0 Å². The number of aliphatic hydroxyl groups excluding tert-OH is 2. The van der Waals surface area contributed by atoms with Crippen LogP contribution in [0.4, 0.5) is 11.6 Å². The van der Waals surface area contributed by atoms with E-state index in [4.69, 9.17) is 14.8 Å². The fourth-order valence-electron chi connectivity index (χ4n) is 4.17. The zero-order chi connectivity index (χ0) is 22.7. The molecule has 0 saturated carbocycles. The molecule has 1 aromatic carbocycles. The van der Waals surface area contributed by atoms with Gasteiger partial charge in [0.05, 0.1) is 12.7 Å². The van der Waals surface area contributed by atoms with Crippen LogP contribution in [-0.4, -0.2) is 62.1 Å². The van der Waals surface area contributed by atoms with E-state index in [1.807, 2.05) is 36.6 Å². The van der Waals surface area contributed by atoms with E-state index < -0.39 is 0 Å². The second kappa shape index (κ2) is 9.68. The van der Waals surface area contributed by atoms with Crippen LogP contribution >= 0.6 is 0 Å². The molecule has 1 fully saturated rings. The van der Waals surface area contributed by atoms with Crippen LogP contribution in [0, 0.1) is 20.8 Å². The lowest BCUT2D eigenvalue weighted by Gasteiger charge is -2.14. The molecule has 3 aromatic rings. The van der Waals surface area contributed by atoms with Crippen molar-refractivity contribution < 1.29 is 14.9 Å². The number of hydrogen-bond donors (Lipinski definition) is 3. The predicted molar refractivity (Wildman–Crippen MR) is 124 cm³/mol. The predicted octanol–water partition coefficient (Wildman–Crippen LogP) is 2.87. The fourth-order valence-corrected chi connectivity index (χ4v) is 4.17. The van der Waals surface area contributed by atoms with Crippen LogP contribution in [0.3, 0.4) is 0 Å². The van der Waals surface area contributed by atoms with E-state index in [9.17, 15) is 5.11 Å². The van der Waals surface area contributed by atoms with Gasteiger partial charge in [0, 0.05) is 43.9 Å². The Balaban J connectivity index is 1.50. The minimum atomic E-state index is -0.213. The molecule has 3 N–H and O–H groups in total. The normalized spacial score (nSPS) is 16.5. The van der Waals surface area contributed by atoms with Crippen molar-refractivity contribution in [1.29, 1.82) is 0 Å². The number of rotatable bonds is 8. The Bertz CT molecular complexity index is 1060. The standard InChI is InChI=1S/C24H31N5O3/c1-16-10-20(11-17(2)23(16)32-9-8-30)26-24-25-6-4-22(27-24)29-12-18(3)19(14-29)13-28-7-5-21(31)15-28/h4,6,10-12,14,21,30-31H,5,7-9,13,15H2,1-3H3,(H,25,26,27)/t21-/m1/s1. The number of benzene rings is 1. The molecule has 8 nitrogen and oxygen atoms in total. The number of aromatic nitrogens is 3. The van der Waals surface area contributed by atoms with Gasteiger partial charge in [0.15, 0.2) is 0 Å². The van der Waals surface area contributed by atoms with Crippen molar-refractivity contribution in [2.45, 2.75) is 39.8 Å². The van der Waals surface area contributed by atoms with E-state index in [1.165, 1.54) is 11.1 Å². The number of nitrogens with zero attached hydrogens (tertiary/aromatic N) is 4. The van der Waals surface area contributed by atoms with Gasteiger partial charge in [0.25, 0.3) is 0 Å². The van der Waals surface area contributed by atoms with E-state index in [1.54, 1.807) is 6.20 Å². The molecule has 1 atom stereocenters. The molecule has 0 aliphatic carbocycles. The van der Waals surface area contributed by atoms with Gasteiger partial charge in [-0.3, -0.25) is 4.90 Å². The zero-order valence-corrected chi connectivity index (χ0v) is 18.9. The summed E-state index contributed by atoms with van der Waals surface area (Å²) in [5, 5.41) is 22.1. The van der Waals surface area contributed by atoms with Gasteiger partial charge < -0.3 is 24.8 Å². The number of aliphatic hydroxyl groups is 2. The maximum Gasteiger partial charge on any atom is 0.229 e. The Morgan fingerprint density at radius 3 is 2.62 bits per heavy atom. The largest absolute Gasteiger partial charge is 0.491 e. The van der Waals surface area contributed by atoms with Crippen molar-refractivity contribution in [2.24, 2.45) is 0 Å². The second-order valence-electron chi connectivity index (χ2n) is 8.43. The highest BCUT2D eigenvalue weighted by molar-refractivity contribution is 5.60. The third-order valence-corrected chi connectivity index (χ3v) is 5.74. The van der Waals surface area contributed by atoms with Crippen LogP contribution < -0.4 is 10.1 Å². The molecule has 4 rings (SSSR count). The Labute approximate surface area is 188 Å². The summed E-state index contributed by atoms with van der Waals surface area (Å²) in [4.78, 5) is 11.3. The van der Waals surface area contributed by atoms with Gasteiger partial charge in [-0.1, -0.05) is 0 Å². The molecule has 1 saturated heterocycles. The van der Waals surface area contributed by atoms with Gasteiger partial charge in [-0.25, -0.2) is 4.98 Å². The van der Waals surface area contributed by atoms with Gasteiger partial charge in [0.1, 0.15) is 18.2 Å². The summed E-state index contributed by atoms with van der Waals surface area (Å²) in [5.41, 5.74) is 5.27.